The minimum atomic E-state index is -0.576. The number of amides is 2. The Balaban J connectivity index is 2.02. The lowest BCUT2D eigenvalue weighted by atomic mass is 9.96. The zero-order valence-corrected chi connectivity index (χ0v) is 16.4. The Hall–Kier alpha value is -2.37. The first kappa shape index (κ1) is 20.9. The number of carbonyl (C=O) groups excluding carboxylic acids is 3. The Morgan fingerprint density at radius 2 is 1.74 bits per heavy atom. The largest absolute Gasteiger partial charge is 0.462 e. The Morgan fingerprint density at radius 3 is 2.30 bits per heavy atom. The monoisotopic (exact) mass is 374 g/mol. The highest BCUT2D eigenvalue weighted by Gasteiger charge is 2.30. The highest BCUT2D eigenvalue weighted by Crippen LogP contribution is 2.25. The van der Waals surface area contributed by atoms with E-state index >= 15 is 0 Å². The van der Waals surface area contributed by atoms with Crippen LogP contribution in [-0.4, -0.2) is 30.4 Å². The average molecular weight is 374 g/mol. The van der Waals surface area contributed by atoms with Gasteiger partial charge in [0.25, 0.3) is 0 Å². The number of anilines is 1. The molecule has 1 aliphatic carbocycles. The summed E-state index contributed by atoms with van der Waals surface area (Å²) in [4.78, 5) is 36.9. The van der Waals surface area contributed by atoms with Gasteiger partial charge in [-0.25, -0.2) is 4.79 Å². The van der Waals surface area contributed by atoms with Crippen molar-refractivity contribution in [1.29, 1.82) is 0 Å². The summed E-state index contributed by atoms with van der Waals surface area (Å²) in [5.41, 5.74) is 1.01. The molecule has 0 aliphatic heterocycles. The molecule has 0 saturated heterocycles. The Bertz CT molecular complexity index is 651. The summed E-state index contributed by atoms with van der Waals surface area (Å²) < 4.78 is 4.95. The molecule has 2 rings (SSSR count). The van der Waals surface area contributed by atoms with E-state index in [0.717, 1.165) is 32.1 Å². The molecule has 1 aromatic rings. The first-order valence-corrected chi connectivity index (χ1v) is 9.84. The molecular formula is C21H30N2O4. The molecule has 1 fully saturated rings. The maximum Gasteiger partial charge on any atom is 0.338 e. The van der Waals surface area contributed by atoms with Crippen molar-refractivity contribution < 1.29 is 19.1 Å². The summed E-state index contributed by atoms with van der Waals surface area (Å²) >= 11 is 0. The first-order valence-electron chi connectivity index (χ1n) is 9.84. The smallest absolute Gasteiger partial charge is 0.338 e. The van der Waals surface area contributed by atoms with Gasteiger partial charge in [-0.15, -0.1) is 0 Å². The molecule has 2 unspecified atom stereocenters. The third-order valence-electron chi connectivity index (χ3n) is 5.18. The van der Waals surface area contributed by atoms with Gasteiger partial charge in [0.15, 0.2) is 0 Å². The second-order valence-corrected chi connectivity index (χ2v) is 7.14. The number of ether oxygens (including phenoxy) is 1. The molecule has 0 aromatic heterocycles. The van der Waals surface area contributed by atoms with Crippen molar-refractivity contribution >= 4 is 23.5 Å². The molecule has 6 nitrogen and oxygen atoms in total. The van der Waals surface area contributed by atoms with Crippen LogP contribution < -0.4 is 10.6 Å². The summed E-state index contributed by atoms with van der Waals surface area (Å²) in [5.74, 6) is -0.607. The number of carbonyl (C=O) groups is 3. The predicted octanol–water partition coefficient (Wildman–Crippen LogP) is 3.52. The van der Waals surface area contributed by atoms with Gasteiger partial charge in [0, 0.05) is 11.6 Å². The fourth-order valence-corrected chi connectivity index (χ4v) is 3.29. The van der Waals surface area contributed by atoms with Crippen molar-refractivity contribution in [3.63, 3.8) is 0 Å². The molecule has 1 aromatic carbocycles. The van der Waals surface area contributed by atoms with Crippen molar-refractivity contribution in [2.24, 2.45) is 11.8 Å². The van der Waals surface area contributed by atoms with Crippen LogP contribution in [0.3, 0.4) is 0 Å². The predicted molar refractivity (Wildman–Crippen MR) is 104 cm³/mol. The number of hydrogen-bond acceptors (Lipinski definition) is 4. The lowest BCUT2D eigenvalue weighted by Crippen LogP contribution is -2.49. The van der Waals surface area contributed by atoms with Crippen LogP contribution in [0.2, 0.25) is 0 Å². The van der Waals surface area contributed by atoms with Crippen LogP contribution in [0.1, 0.15) is 63.2 Å². The van der Waals surface area contributed by atoms with E-state index in [1.807, 2.05) is 13.8 Å². The Morgan fingerprint density at radius 1 is 1.11 bits per heavy atom. The average Bonchev–Trinajstić information content (AvgIpc) is 3.21. The lowest BCUT2D eigenvalue weighted by Gasteiger charge is -2.25. The van der Waals surface area contributed by atoms with Gasteiger partial charge >= 0.3 is 5.97 Å². The van der Waals surface area contributed by atoms with E-state index in [0.29, 0.717) is 17.9 Å². The van der Waals surface area contributed by atoms with Crippen molar-refractivity contribution in [2.45, 2.75) is 58.9 Å². The molecule has 0 heterocycles. The van der Waals surface area contributed by atoms with Crippen LogP contribution in [0.5, 0.6) is 0 Å². The van der Waals surface area contributed by atoms with E-state index in [1.54, 1.807) is 31.2 Å². The van der Waals surface area contributed by atoms with Gasteiger partial charge in [-0.2, -0.15) is 0 Å². The normalized spacial score (nSPS) is 16.4. The quantitative estimate of drug-likeness (QED) is 0.682. The van der Waals surface area contributed by atoms with E-state index in [9.17, 15) is 14.4 Å². The third-order valence-corrected chi connectivity index (χ3v) is 5.18. The molecule has 1 aliphatic rings. The summed E-state index contributed by atoms with van der Waals surface area (Å²) in [7, 11) is 0. The standard InChI is InChI=1S/C21H30N2O4/c1-4-14(3)18(23-19(24)15-8-6-7-9-15)20(25)22-17-12-10-16(11-13-17)21(26)27-5-2/h10-15,18H,4-9H2,1-3H3,(H,22,25)(H,23,24). The van der Waals surface area contributed by atoms with Gasteiger partial charge in [-0.05, 0) is 49.9 Å². The van der Waals surface area contributed by atoms with Crippen LogP contribution >= 0.6 is 0 Å². The van der Waals surface area contributed by atoms with Gasteiger partial charge in [-0.3, -0.25) is 9.59 Å². The number of hydrogen-bond donors (Lipinski definition) is 2. The summed E-state index contributed by atoms with van der Waals surface area (Å²) in [5, 5.41) is 5.80. The molecule has 2 atom stereocenters. The van der Waals surface area contributed by atoms with Gasteiger partial charge in [0.1, 0.15) is 6.04 Å². The molecular weight excluding hydrogens is 344 g/mol. The summed E-state index contributed by atoms with van der Waals surface area (Å²) in [6, 6.07) is 5.98. The van der Waals surface area contributed by atoms with Crippen molar-refractivity contribution in [3.8, 4) is 0 Å². The molecule has 6 heteroatoms. The van der Waals surface area contributed by atoms with E-state index < -0.39 is 12.0 Å². The van der Waals surface area contributed by atoms with Gasteiger partial charge in [0.05, 0.1) is 12.2 Å². The maximum atomic E-state index is 12.8. The van der Waals surface area contributed by atoms with Crippen LogP contribution in [0.25, 0.3) is 0 Å². The van der Waals surface area contributed by atoms with Crippen LogP contribution in [0.15, 0.2) is 24.3 Å². The molecule has 1 saturated carbocycles. The summed E-state index contributed by atoms with van der Waals surface area (Å²) in [6.07, 6.45) is 4.73. The van der Waals surface area contributed by atoms with E-state index in [4.69, 9.17) is 4.74 Å². The Kier molecular flexibility index (Phi) is 7.82. The molecule has 0 bridgehead atoms. The SMILES string of the molecule is CCOC(=O)c1ccc(NC(=O)C(NC(=O)C2CCCC2)C(C)CC)cc1. The highest BCUT2D eigenvalue weighted by atomic mass is 16.5. The number of nitrogens with one attached hydrogen (secondary N) is 2. The lowest BCUT2D eigenvalue weighted by molar-refractivity contribution is -0.130. The molecule has 2 N–H and O–H groups in total. The Labute approximate surface area is 161 Å². The van der Waals surface area contributed by atoms with Crippen LogP contribution in [-0.2, 0) is 14.3 Å². The van der Waals surface area contributed by atoms with Crippen LogP contribution in [0.4, 0.5) is 5.69 Å². The molecule has 27 heavy (non-hydrogen) atoms. The van der Waals surface area contributed by atoms with Crippen molar-refractivity contribution in [1.82, 2.24) is 5.32 Å². The van der Waals surface area contributed by atoms with E-state index in [1.165, 1.54) is 0 Å². The minimum Gasteiger partial charge on any atom is -0.462 e. The number of esters is 1. The summed E-state index contributed by atoms with van der Waals surface area (Å²) in [6.45, 7) is 6.03. The third kappa shape index (κ3) is 5.81. The molecule has 148 valence electrons. The highest BCUT2D eigenvalue weighted by molar-refractivity contribution is 5.98. The van der Waals surface area contributed by atoms with Gasteiger partial charge in [0.2, 0.25) is 11.8 Å². The fourth-order valence-electron chi connectivity index (χ4n) is 3.29. The van der Waals surface area contributed by atoms with Crippen LogP contribution in [0, 0.1) is 11.8 Å². The second-order valence-electron chi connectivity index (χ2n) is 7.14. The van der Waals surface area contributed by atoms with Crippen molar-refractivity contribution in [3.05, 3.63) is 29.8 Å². The maximum absolute atomic E-state index is 12.8. The number of rotatable bonds is 8. The fraction of sp³-hybridized carbons (Fsp3) is 0.571. The second kappa shape index (κ2) is 10.1. The zero-order chi connectivity index (χ0) is 19.8. The minimum absolute atomic E-state index is 0.0215. The first-order chi connectivity index (χ1) is 13.0. The topological polar surface area (TPSA) is 84.5 Å². The van der Waals surface area contributed by atoms with Crippen molar-refractivity contribution in [2.75, 3.05) is 11.9 Å². The van der Waals surface area contributed by atoms with Gasteiger partial charge in [-0.1, -0.05) is 33.1 Å². The number of benzene rings is 1. The molecule has 0 spiro atoms. The van der Waals surface area contributed by atoms with Gasteiger partial charge < -0.3 is 15.4 Å². The molecule has 0 radical (unpaired) electrons. The van der Waals surface area contributed by atoms with E-state index in [-0.39, 0.29) is 23.7 Å². The molecule has 2 amide bonds. The zero-order valence-electron chi connectivity index (χ0n) is 16.4. The van der Waals surface area contributed by atoms with E-state index in [2.05, 4.69) is 10.6 Å².